The van der Waals surface area contributed by atoms with E-state index < -0.39 is 0 Å². The van der Waals surface area contributed by atoms with Crippen LogP contribution in [0.4, 0.5) is 0 Å². The summed E-state index contributed by atoms with van der Waals surface area (Å²) in [5.41, 5.74) is 2.21. The number of hydrogen-bond acceptors (Lipinski definition) is 3. The van der Waals surface area contributed by atoms with E-state index in [9.17, 15) is 4.79 Å². The van der Waals surface area contributed by atoms with Gasteiger partial charge in [0.1, 0.15) is 11.4 Å². The Kier molecular flexibility index (Phi) is 4.08. The molecule has 0 fully saturated rings. The molecule has 0 saturated carbocycles. The van der Waals surface area contributed by atoms with Gasteiger partial charge in [0.25, 0.3) is 5.91 Å². The summed E-state index contributed by atoms with van der Waals surface area (Å²) in [6.45, 7) is 3.86. The van der Waals surface area contributed by atoms with Crippen LogP contribution in [0.15, 0.2) is 30.3 Å². The fourth-order valence-corrected chi connectivity index (χ4v) is 1.94. The van der Waals surface area contributed by atoms with Crippen molar-refractivity contribution in [3.05, 3.63) is 36.0 Å². The minimum Gasteiger partial charge on any atom is -0.497 e. The molecule has 0 spiro atoms. The van der Waals surface area contributed by atoms with Crippen LogP contribution in [0.1, 0.15) is 24.3 Å². The van der Waals surface area contributed by atoms with Crippen LogP contribution in [-0.2, 0) is 7.05 Å². The molecule has 2 aromatic rings. The number of aromatic nitrogens is 2. The van der Waals surface area contributed by atoms with E-state index in [1.807, 2.05) is 38.1 Å². The summed E-state index contributed by atoms with van der Waals surface area (Å²) in [7, 11) is 3.39. The predicted molar refractivity (Wildman–Crippen MR) is 77.8 cm³/mol. The molecule has 5 nitrogen and oxygen atoms in total. The monoisotopic (exact) mass is 273 g/mol. The van der Waals surface area contributed by atoms with E-state index in [0.717, 1.165) is 17.0 Å². The van der Waals surface area contributed by atoms with E-state index in [0.29, 0.717) is 5.69 Å². The first kappa shape index (κ1) is 14.1. The molecular weight excluding hydrogens is 254 g/mol. The Morgan fingerprint density at radius 1 is 1.35 bits per heavy atom. The smallest absolute Gasteiger partial charge is 0.269 e. The number of nitrogens with zero attached hydrogens (tertiary/aromatic N) is 2. The zero-order chi connectivity index (χ0) is 14.7. The van der Waals surface area contributed by atoms with Gasteiger partial charge in [0.05, 0.1) is 12.8 Å². The minimum absolute atomic E-state index is 0.0951. The fraction of sp³-hybridized carbons (Fsp3) is 0.333. The second-order valence-corrected chi connectivity index (χ2v) is 4.90. The molecule has 1 amide bonds. The maximum Gasteiger partial charge on any atom is 0.269 e. The third-order valence-corrected chi connectivity index (χ3v) is 2.90. The van der Waals surface area contributed by atoms with Gasteiger partial charge in [0.2, 0.25) is 0 Å². The quantitative estimate of drug-likeness (QED) is 0.929. The van der Waals surface area contributed by atoms with Crippen LogP contribution in [0.2, 0.25) is 0 Å². The molecule has 0 radical (unpaired) electrons. The summed E-state index contributed by atoms with van der Waals surface area (Å²) in [4.78, 5) is 12.0. The number of methoxy groups -OCH3 is 1. The second-order valence-electron chi connectivity index (χ2n) is 4.90. The Hall–Kier alpha value is -2.30. The van der Waals surface area contributed by atoms with Gasteiger partial charge < -0.3 is 10.1 Å². The molecule has 1 aromatic heterocycles. The standard InChI is InChI=1S/C15H19N3O2/c1-10(2)16-15(19)14-9-13(17-18(14)3)11-6-5-7-12(8-11)20-4/h5-10H,1-4H3,(H,16,19). The molecule has 5 heteroatoms. The number of carbonyl (C=O) groups is 1. The van der Waals surface area contributed by atoms with E-state index >= 15 is 0 Å². The summed E-state index contributed by atoms with van der Waals surface area (Å²) >= 11 is 0. The van der Waals surface area contributed by atoms with Gasteiger partial charge in [0.15, 0.2) is 0 Å². The van der Waals surface area contributed by atoms with Crippen LogP contribution < -0.4 is 10.1 Å². The van der Waals surface area contributed by atoms with Gasteiger partial charge in [0, 0.05) is 18.7 Å². The molecule has 0 unspecified atom stereocenters. The predicted octanol–water partition coefficient (Wildman–Crippen LogP) is 2.23. The first-order valence-electron chi connectivity index (χ1n) is 6.50. The number of ether oxygens (including phenoxy) is 1. The number of rotatable bonds is 4. The molecule has 0 aliphatic heterocycles. The summed E-state index contributed by atoms with van der Waals surface area (Å²) in [5, 5.41) is 7.25. The van der Waals surface area contributed by atoms with Gasteiger partial charge in [-0.15, -0.1) is 0 Å². The third kappa shape index (κ3) is 2.99. The SMILES string of the molecule is COc1cccc(-c2cc(C(=O)NC(C)C)n(C)n2)c1. The maximum atomic E-state index is 12.0. The Bertz CT molecular complexity index is 617. The Morgan fingerprint density at radius 3 is 2.75 bits per heavy atom. The Labute approximate surface area is 118 Å². The van der Waals surface area contributed by atoms with E-state index in [4.69, 9.17) is 4.74 Å². The van der Waals surface area contributed by atoms with Gasteiger partial charge in [-0.25, -0.2) is 0 Å². The van der Waals surface area contributed by atoms with E-state index in [2.05, 4.69) is 10.4 Å². The number of benzene rings is 1. The van der Waals surface area contributed by atoms with Crippen LogP contribution in [0.3, 0.4) is 0 Å². The molecule has 1 N–H and O–H groups in total. The van der Waals surface area contributed by atoms with Crippen LogP contribution in [0.25, 0.3) is 11.3 Å². The summed E-state index contributed by atoms with van der Waals surface area (Å²) in [6, 6.07) is 9.49. The maximum absolute atomic E-state index is 12.0. The molecule has 2 rings (SSSR count). The van der Waals surface area contributed by atoms with Crippen LogP contribution >= 0.6 is 0 Å². The average molecular weight is 273 g/mol. The molecule has 0 saturated heterocycles. The van der Waals surface area contributed by atoms with Crippen molar-refractivity contribution in [2.45, 2.75) is 19.9 Å². The molecule has 20 heavy (non-hydrogen) atoms. The van der Waals surface area contributed by atoms with E-state index in [1.165, 1.54) is 0 Å². The first-order chi connectivity index (χ1) is 9.51. The molecule has 0 atom stereocenters. The Balaban J connectivity index is 2.33. The zero-order valence-electron chi connectivity index (χ0n) is 12.2. The lowest BCUT2D eigenvalue weighted by Crippen LogP contribution is -2.31. The Morgan fingerprint density at radius 2 is 2.10 bits per heavy atom. The molecule has 106 valence electrons. The zero-order valence-corrected chi connectivity index (χ0v) is 12.2. The summed E-state index contributed by atoms with van der Waals surface area (Å²) in [5.74, 6) is 0.644. The number of hydrogen-bond donors (Lipinski definition) is 1. The van der Waals surface area contributed by atoms with Crippen molar-refractivity contribution in [3.63, 3.8) is 0 Å². The minimum atomic E-state index is -0.121. The lowest BCUT2D eigenvalue weighted by molar-refractivity contribution is 0.0933. The highest BCUT2D eigenvalue weighted by atomic mass is 16.5. The van der Waals surface area contributed by atoms with Gasteiger partial charge in [-0.3, -0.25) is 9.48 Å². The molecule has 0 aliphatic rings. The van der Waals surface area contributed by atoms with Crippen LogP contribution in [0.5, 0.6) is 5.75 Å². The second kappa shape index (κ2) is 5.77. The van der Waals surface area contributed by atoms with Crippen molar-refractivity contribution < 1.29 is 9.53 Å². The van der Waals surface area contributed by atoms with Crippen LogP contribution in [0, 0.1) is 0 Å². The van der Waals surface area contributed by atoms with Crippen molar-refractivity contribution >= 4 is 5.91 Å². The number of carbonyl (C=O) groups excluding carboxylic acids is 1. The lowest BCUT2D eigenvalue weighted by Gasteiger charge is -2.07. The van der Waals surface area contributed by atoms with Crippen molar-refractivity contribution in [2.75, 3.05) is 7.11 Å². The van der Waals surface area contributed by atoms with E-state index in [-0.39, 0.29) is 11.9 Å². The van der Waals surface area contributed by atoms with Crippen molar-refractivity contribution in [1.29, 1.82) is 0 Å². The van der Waals surface area contributed by atoms with Gasteiger partial charge in [-0.1, -0.05) is 12.1 Å². The first-order valence-corrected chi connectivity index (χ1v) is 6.50. The topological polar surface area (TPSA) is 56.1 Å². The summed E-state index contributed by atoms with van der Waals surface area (Å²) in [6.07, 6.45) is 0. The lowest BCUT2D eigenvalue weighted by atomic mass is 10.1. The highest BCUT2D eigenvalue weighted by Gasteiger charge is 2.15. The highest BCUT2D eigenvalue weighted by Crippen LogP contribution is 2.23. The number of nitrogens with one attached hydrogen (secondary N) is 1. The number of amides is 1. The van der Waals surface area contributed by atoms with Gasteiger partial charge in [-0.05, 0) is 32.0 Å². The largest absolute Gasteiger partial charge is 0.497 e. The van der Waals surface area contributed by atoms with Gasteiger partial charge in [-0.2, -0.15) is 5.10 Å². The molecule has 1 aromatic carbocycles. The molecule has 0 aliphatic carbocycles. The molecular formula is C15H19N3O2. The normalized spacial score (nSPS) is 10.7. The highest BCUT2D eigenvalue weighted by molar-refractivity contribution is 5.93. The van der Waals surface area contributed by atoms with Crippen LogP contribution in [-0.4, -0.2) is 28.8 Å². The van der Waals surface area contributed by atoms with Crippen molar-refractivity contribution in [2.24, 2.45) is 7.05 Å². The summed E-state index contributed by atoms with van der Waals surface area (Å²) < 4.78 is 6.79. The number of aryl methyl sites for hydroxylation is 1. The van der Waals surface area contributed by atoms with Gasteiger partial charge >= 0.3 is 0 Å². The molecule has 1 heterocycles. The average Bonchev–Trinajstić information content (AvgIpc) is 2.80. The molecule has 0 bridgehead atoms. The van der Waals surface area contributed by atoms with Crippen molar-refractivity contribution in [1.82, 2.24) is 15.1 Å². The van der Waals surface area contributed by atoms with Crippen molar-refractivity contribution in [3.8, 4) is 17.0 Å². The van der Waals surface area contributed by atoms with E-state index in [1.54, 1.807) is 24.9 Å². The third-order valence-electron chi connectivity index (χ3n) is 2.90. The fourth-order valence-electron chi connectivity index (χ4n) is 1.94.